The molecule has 1 aromatic carbocycles. The summed E-state index contributed by atoms with van der Waals surface area (Å²) >= 11 is 0. The molecule has 1 aliphatic heterocycles. The fourth-order valence-corrected chi connectivity index (χ4v) is 3.91. The third-order valence-electron chi connectivity index (χ3n) is 4.12. The number of tetrazole rings is 1. The Morgan fingerprint density at radius 1 is 1.17 bits per heavy atom. The van der Waals surface area contributed by atoms with Crippen molar-refractivity contribution < 1.29 is 8.42 Å². The molecule has 0 spiro atoms. The molecule has 1 N–H and O–H groups in total. The van der Waals surface area contributed by atoms with Gasteiger partial charge in [0.25, 0.3) is 0 Å². The summed E-state index contributed by atoms with van der Waals surface area (Å²) in [5.74, 6) is 1.15. The molecule has 0 radical (unpaired) electrons. The van der Waals surface area contributed by atoms with E-state index in [1.807, 2.05) is 31.2 Å². The molecule has 3 rings (SSSR count). The van der Waals surface area contributed by atoms with Crippen LogP contribution >= 0.6 is 0 Å². The fraction of sp³-hybridized carbons (Fsp3) is 0.533. The van der Waals surface area contributed by atoms with Crippen LogP contribution in [0.15, 0.2) is 24.3 Å². The molecule has 2 heterocycles. The van der Waals surface area contributed by atoms with Crippen LogP contribution in [-0.2, 0) is 9.84 Å². The Bertz CT molecular complexity index is 758. The first kappa shape index (κ1) is 16.8. The SMILES string of the molecule is Cc1ccc(-n2nnnc2NCCCN2CCS(=O)(=O)CC2)cc1. The van der Waals surface area contributed by atoms with Crippen LogP contribution in [0.3, 0.4) is 0 Å². The van der Waals surface area contributed by atoms with Gasteiger partial charge in [-0.15, -0.1) is 0 Å². The van der Waals surface area contributed by atoms with Crippen LogP contribution in [0, 0.1) is 6.92 Å². The van der Waals surface area contributed by atoms with Crippen molar-refractivity contribution in [1.29, 1.82) is 0 Å². The van der Waals surface area contributed by atoms with Gasteiger partial charge in [0.2, 0.25) is 5.95 Å². The standard InChI is InChI=1S/C15H22N6O2S/c1-13-3-5-14(6-4-13)21-15(17-18-19-21)16-7-2-8-20-9-11-24(22,23)12-10-20/h3-6H,2,7-12H2,1H3,(H,16,17,19). The smallest absolute Gasteiger partial charge is 0.247 e. The summed E-state index contributed by atoms with van der Waals surface area (Å²) in [5.41, 5.74) is 2.10. The van der Waals surface area contributed by atoms with Gasteiger partial charge in [-0.05, 0) is 42.4 Å². The molecule has 1 saturated heterocycles. The van der Waals surface area contributed by atoms with E-state index in [9.17, 15) is 8.42 Å². The van der Waals surface area contributed by atoms with Gasteiger partial charge in [-0.2, -0.15) is 4.68 Å². The molecule has 0 amide bonds. The van der Waals surface area contributed by atoms with E-state index in [-0.39, 0.29) is 11.5 Å². The highest BCUT2D eigenvalue weighted by Crippen LogP contribution is 2.12. The molecule has 2 aromatic rings. The number of nitrogens with zero attached hydrogens (tertiary/aromatic N) is 5. The molecule has 0 atom stereocenters. The number of anilines is 1. The van der Waals surface area contributed by atoms with Gasteiger partial charge >= 0.3 is 0 Å². The first-order valence-electron chi connectivity index (χ1n) is 8.06. The van der Waals surface area contributed by atoms with Gasteiger partial charge in [0.05, 0.1) is 17.2 Å². The minimum Gasteiger partial charge on any atom is -0.353 e. The third-order valence-corrected chi connectivity index (χ3v) is 5.73. The minimum absolute atomic E-state index is 0.270. The van der Waals surface area contributed by atoms with Gasteiger partial charge < -0.3 is 10.2 Å². The second kappa shape index (κ2) is 7.27. The van der Waals surface area contributed by atoms with Crippen molar-refractivity contribution in [2.75, 3.05) is 43.0 Å². The first-order chi connectivity index (χ1) is 11.5. The van der Waals surface area contributed by atoms with E-state index in [0.717, 1.165) is 25.2 Å². The van der Waals surface area contributed by atoms with Gasteiger partial charge in [-0.25, -0.2) is 8.42 Å². The van der Waals surface area contributed by atoms with Gasteiger partial charge in [0, 0.05) is 19.6 Å². The Morgan fingerprint density at radius 3 is 2.58 bits per heavy atom. The summed E-state index contributed by atoms with van der Waals surface area (Å²) in [6, 6.07) is 7.99. The molecule has 0 bridgehead atoms. The third kappa shape index (κ3) is 4.30. The number of nitrogens with one attached hydrogen (secondary N) is 1. The maximum Gasteiger partial charge on any atom is 0.247 e. The lowest BCUT2D eigenvalue weighted by Crippen LogP contribution is -2.41. The zero-order chi connectivity index (χ0) is 17.0. The number of hydrogen-bond acceptors (Lipinski definition) is 7. The van der Waals surface area contributed by atoms with Crippen molar-refractivity contribution >= 4 is 15.8 Å². The topological polar surface area (TPSA) is 93.0 Å². The van der Waals surface area contributed by atoms with Gasteiger partial charge in [-0.1, -0.05) is 22.8 Å². The lowest BCUT2D eigenvalue weighted by molar-refractivity contribution is 0.294. The zero-order valence-corrected chi connectivity index (χ0v) is 14.5. The lowest BCUT2D eigenvalue weighted by atomic mass is 10.2. The predicted molar refractivity (Wildman–Crippen MR) is 92.1 cm³/mol. The van der Waals surface area contributed by atoms with Crippen molar-refractivity contribution in [2.45, 2.75) is 13.3 Å². The molecule has 24 heavy (non-hydrogen) atoms. The summed E-state index contributed by atoms with van der Waals surface area (Å²) in [6.07, 6.45) is 0.904. The van der Waals surface area contributed by atoms with E-state index in [4.69, 9.17) is 0 Å². The highest BCUT2D eigenvalue weighted by Gasteiger charge is 2.20. The van der Waals surface area contributed by atoms with Crippen molar-refractivity contribution in [2.24, 2.45) is 0 Å². The Kier molecular flexibility index (Phi) is 5.10. The van der Waals surface area contributed by atoms with Crippen LogP contribution in [-0.4, -0.2) is 71.2 Å². The molecule has 8 nitrogen and oxygen atoms in total. The second-order valence-corrected chi connectivity index (χ2v) is 8.33. The van der Waals surface area contributed by atoms with Crippen molar-refractivity contribution in [3.8, 4) is 5.69 Å². The number of aryl methyl sites for hydroxylation is 1. The van der Waals surface area contributed by atoms with Crippen LogP contribution in [0.5, 0.6) is 0 Å². The molecule has 1 fully saturated rings. The van der Waals surface area contributed by atoms with Crippen LogP contribution in [0.25, 0.3) is 5.69 Å². The van der Waals surface area contributed by atoms with E-state index in [1.54, 1.807) is 4.68 Å². The molecular weight excluding hydrogens is 328 g/mol. The summed E-state index contributed by atoms with van der Waals surface area (Å²) < 4.78 is 24.5. The zero-order valence-electron chi connectivity index (χ0n) is 13.7. The van der Waals surface area contributed by atoms with Gasteiger partial charge in [-0.3, -0.25) is 0 Å². The monoisotopic (exact) mass is 350 g/mol. The van der Waals surface area contributed by atoms with Crippen LogP contribution in [0.2, 0.25) is 0 Å². The largest absolute Gasteiger partial charge is 0.353 e. The van der Waals surface area contributed by atoms with Gasteiger partial charge in [0.1, 0.15) is 0 Å². The van der Waals surface area contributed by atoms with Crippen LogP contribution in [0.1, 0.15) is 12.0 Å². The van der Waals surface area contributed by atoms with E-state index < -0.39 is 9.84 Å². The number of sulfone groups is 1. The summed E-state index contributed by atoms with van der Waals surface area (Å²) in [4.78, 5) is 2.19. The van der Waals surface area contributed by atoms with Crippen LogP contribution < -0.4 is 5.32 Å². The molecule has 0 saturated carbocycles. The summed E-state index contributed by atoms with van der Waals surface area (Å²) in [6.45, 7) is 4.89. The lowest BCUT2D eigenvalue weighted by Gasteiger charge is -2.26. The van der Waals surface area contributed by atoms with Crippen molar-refractivity contribution in [3.63, 3.8) is 0 Å². The molecular formula is C15H22N6O2S. The number of hydrogen-bond donors (Lipinski definition) is 1. The number of benzene rings is 1. The number of rotatable bonds is 6. The number of aromatic nitrogens is 4. The Labute approximate surface area is 141 Å². The minimum atomic E-state index is -2.81. The highest BCUT2D eigenvalue weighted by atomic mass is 32.2. The molecule has 0 aliphatic carbocycles. The maximum absolute atomic E-state index is 11.4. The quantitative estimate of drug-likeness (QED) is 0.759. The average molecular weight is 350 g/mol. The normalized spacial score (nSPS) is 17.7. The van der Waals surface area contributed by atoms with E-state index in [0.29, 0.717) is 19.0 Å². The molecule has 0 unspecified atom stereocenters. The fourth-order valence-electron chi connectivity index (χ4n) is 2.63. The summed E-state index contributed by atoms with van der Waals surface area (Å²) in [7, 11) is -2.81. The van der Waals surface area contributed by atoms with E-state index in [2.05, 4.69) is 25.7 Å². The molecule has 130 valence electrons. The molecule has 1 aromatic heterocycles. The average Bonchev–Trinajstić information content (AvgIpc) is 3.02. The van der Waals surface area contributed by atoms with Gasteiger partial charge in [0.15, 0.2) is 9.84 Å². The van der Waals surface area contributed by atoms with Crippen molar-refractivity contribution in [3.05, 3.63) is 29.8 Å². The summed E-state index contributed by atoms with van der Waals surface area (Å²) in [5, 5.41) is 15.0. The Morgan fingerprint density at radius 2 is 1.88 bits per heavy atom. The Hall–Kier alpha value is -2.00. The Balaban J connectivity index is 1.48. The molecule has 1 aliphatic rings. The molecule has 9 heteroatoms. The predicted octanol–water partition coefficient (Wildman–Crippen LogP) is 0.503. The highest BCUT2D eigenvalue weighted by molar-refractivity contribution is 7.91. The van der Waals surface area contributed by atoms with Crippen LogP contribution in [0.4, 0.5) is 5.95 Å². The maximum atomic E-state index is 11.4. The second-order valence-electron chi connectivity index (χ2n) is 6.02. The van der Waals surface area contributed by atoms with Crippen molar-refractivity contribution in [1.82, 2.24) is 25.1 Å². The first-order valence-corrected chi connectivity index (χ1v) is 9.88. The van der Waals surface area contributed by atoms with E-state index >= 15 is 0 Å². The van der Waals surface area contributed by atoms with E-state index in [1.165, 1.54) is 5.56 Å².